The van der Waals surface area contributed by atoms with Crippen molar-refractivity contribution in [1.29, 1.82) is 0 Å². The number of likely N-dealkylation sites (N-methyl/N-ethyl adjacent to an activating group) is 2. The Hall–Kier alpha value is -6.75. The number of ether oxygens (including phenoxy) is 1. The standard InChI is InChI=1S/C53H62Cl2N8O8/c1-33-29-57-48(64)27-42(24-36-13-18-40(54)19-14-36)61(6)53(70)44(28-50(66)67)58-51(68)34(2)63(49(65)25-39(52(69)60(33)5)23-35-11-9-8-10-12-35)31-38-15-20-41(55)26-46(38)71-43-21-16-37(17-22-43)45-30-56-47(62(45)7)32-59(3)4/h8-22,26,30,33-34,39,42,44H,23-25,27-29,31-32H2,1-7H3,(H,57,64)(H,58,68)(H,66,67)/t33-,34-,39+,42-,44-/m0/s1. The maximum absolute atomic E-state index is 15.0. The van der Waals surface area contributed by atoms with Crippen LogP contribution >= 0.6 is 23.2 Å². The van der Waals surface area contributed by atoms with Crippen LogP contribution in [0.4, 0.5) is 0 Å². The van der Waals surface area contributed by atoms with E-state index in [9.17, 15) is 29.1 Å². The summed E-state index contributed by atoms with van der Waals surface area (Å²) >= 11 is 12.7. The third kappa shape index (κ3) is 14.4. The van der Waals surface area contributed by atoms with Gasteiger partial charge in [-0.15, -0.1) is 0 Å². The minimum atomic E-state index is -1.59. The normalized spacial score (nSPS) is 20.1. The van der Waals surface area contributed by atoms with E-state index >= 15 is 4.79 Å². The van der Waals surface area contributed by atoms with Crippen LogP contribution in [0.2, 0.25) is 10.0 Å². The van der Waals surface area contributed by atoms with E-state index in [-0.39, 0.29) is 44.7 Å². The van der Waals surface area contributed by atoms with Crippen molar-refractivity contribution in [3.63, 3.8) is 0 Å². The lowest BCUT2D eigenvalue weighted by atomic mass is 9.93. The molecule has 1 fully saturated rings. The van der Waals surface area contributed by atoms with Gasteiger partial charge in [0.25, 0.3) is 0 Å². The third-order valence-corrected chi connectivity index (χ3v) is 13.3. The van der Waals surface area contributed by atoms with E-state index in [4.69, 9.17) is 27.9 Å². The zero-order chi connectivity index (χ0) is 51.5. The molecule has 5 amide bonds. The summed E-state index contributed by atoms with van der Waals surface area (Å²) in [6.07, 6.45) is 0.869. The smallest absolute Gasteiger partial charge is 0.305 e. The van der Waals surface area contributed by atoms with E-state index < -0.39 is 66.1 Å². The number of rotatable bonds is 13. The zero-order valence-corrected chi connectivity index (χ0v) is 42.6. The van der Waals surface area contributed by atoms with Gasteiger partial charge in [0.15, 0.2) is 0 Å². The molecule has 0 radical (unpaired) electrons. The number of aliphatic carboxylic acids is 1. The van der Waals surface area contributed by atoms with Gasteiger partial charge in [-0.1, -0.05) is 71.7 Å². The van der Waals surface area contributed by atoms with Crippen LogP contribution in [0.1, 0.15) is 55.6 Å². The molecular formula is C53H62Cl2N8O8. The first kappa shape index (κ1) is 53.6. The van der Waals surface area contributed by atoms with Gasteiger partial charge < -0.3 is 44.6 Å². The highest BCUT2D eigenvalue weighted by molar-refractivity contribution is 6.31. The van der Waals surface area contributed by atoms with Gasteiger partial charge in [0.2, 0.25) is 29.5 Å². The van der Waals surface area contributed by atoms with Crippen LogP contribution in [0.3, 0.4) is 0 Å². The summed E-state index contributed by atoms with van der Waals surface area (Å²) in [5.41, 5.74) is 3.83. The number of carboxylic acids is 1. The fourth-order valence-electron chi connectivity index (χ4n) is 8.48. The van der Waals surface area contributed by atoms with Gasteiger partial charge in [0.05, 0.1) is 37.3 Å². The van der Waals surface area contributed by atoms with Crippen LogP contribution in [-0.4, -0.2) is 129 Å². The highest BCUT2D eigenvalue weighted by Gasteiger charge is 2.37. The second-order valence-corrected chi connectivity index (χ2v) is 19.3. The number of carboxylic acid groups (broad SMARTS) is 1. The molecular weight excluding hydrogens is 948 g/mol. The molecule has 71 heavy (non-hydrogen) atoms. The number of amides is 5. The largest absolute Gasteiger partial charge is 0.481 e. The van der Waals surface area contributed by atoms with Crippen LogP contribution in [-0.2, 0) is 61.7 Å². The van der Waals surface area contributed by atoms with E-state index in [1.54, 1.807) is 68.6 Å². The average Bonchev–Trinajstić information content (AvgIpc) is 3.69. The van der Waals surface area contributed by atoms with Gasteiger partial charge in [0.1, 0.15) is 29.4 Å². The van der Waals surface area contributed by atoms with Gasteiger partial charge >= 0.3 is 5.97 Å². The van der Waals surface area contributed by atoms with E-state index in [2.05, 4.69) is 15.6 Å². The Morgan fingerprint density at radius 1 is 0.817 bits per heavy atom. The molecule has 0 aliphatic carbocycles. The van der Waals surface area contributed by atoms with Crippen molar-refractivity contribution in [2.75, 3.05) is 34.7 Å². The lowest BCUT2D eigenvalue weighted by Crippen LogP contribution is -2.56. The maximum Gasteiger partial charge on any atom is 0.305 e. The number of hydrogen-bond acceptors (Lipinski definition) is 9. The van der Waals surface area contributed by atoms with Crippen LogP contribution in [0.25, 0.3) is 11.3 Å². The SMILES string of the molecule is C[C@H]1CNC(=O)C[C@H](Cc2ccc(Cl)cc2)N(C)C(=O)[C@H](CC(=O)O)NC(=O)[C@H](C)N(Cc2ccc(Cl)cc2Oc2ccc(-c3cnc(CN(C)C)n3C)cc2)C(=O)C[C@@H](Cc2ccccc2)C(=O)N1C. The van der Waals surface area contributed by atoms with Crippen molar-refractivity contribution in [2.45, 2.75) is 83.2 Å². The summed E-state index contributed by atoms with van der Waals surface area (Å²) in [5.74, 6) is -3.55. The maximum atomic E-state index is 15.0. The van der Waals surface area contributed by atoms with Crippen molar-refractivity contribution in [1.82, 2.24) is 39.8 Å². The molecule has 3 N–H and O–H groups in total. The molecule has 0 saturated carbocycles. The number of benzene rings is 4. The molecule has 0 unspecified atom stereocenters. The molecule has 5 aromatic rings. The number of aromatic nitrogens is 2. The Bertz CT molecular complexity index is 2680. The highest BCUT2D eigenvalue weighted by atomic mass is 35.5. The van der Waals surface area contributed by atoms with Crippen LogP contribution in [0.15, 0.2) is 103 Å². The summed E-state index contributed by atoms with van der Waals surface area (Å²) in [6.45, 7) is 3.77. The molecule has 18 heteroatoms. The Morgan fingerprint density at radius 2 is 1.48 bits per heavy atom. The monoisotopic (exact) mass is 1010 g/mol. The number of carbonyl (C=O) groups is 6. The molecule has 1 aliphatic heterocycles. The molecule has 6 rings (SSSR count). The quantitative estimate of drug-likeness (QED) is 0.116. The number of imidazole rings is 1. The molecule has 0 bridgehead atoms. The first-order valence-corrected chi connectivity index (χ1v) is 24.2. The molecule has 5 atom stereocenters. The van der Waals surface area contributed by atoms with Crippen molar-refractivity contribution < 1.29 is 38.6 Å². The topological polar surface area (TPSA) is 187 Å². The summed E-state index contributed by atoms with van der Waals surface area (Å²) < 4.78 is 8.48. The summed E-state index contributed by atoms with van der Waals surface area (Å²) in [7, 11) is 8.99. The van der Waals surface area contributed by atoms with Crippen LogP contribution in [0, 0.1) is 5.92 Å². The zero-order valence-electron chi connectivity index (χ0n) is 41.1. The number of hydrogen-bond donors (Lipinski definition) is 3. The lowest BCUT2D eigenvalue weighted by Gasteiger charge is -2.35. The molecule has 1 aromatic heterocycles. The third-order valence-electron chi connectivity index (χ3n) is 12.9. The second-order valence-electron chi connectivity index (χ2n) is 18.4. The van der Waals surface area contributed by atoms with E-state index in [1.165, 1.54) is 28.7 Å². The van der Waals surface area contributed by atoms with Crippen molar-refractivity contribution in [3.8, 4) is 22.8 Å². The molecule has 2 heterocycles. The Morgan fingerprint density at radius 3 is 2.14 bits per heavy atom. The van der Waals surface area contributed by atoms with E-state index in [1.807, 2.05) is 79.3 Å². The number of nitrogens with zero attached hydrogens (tertiary/aromatic N) is 6. The predicted octanol–water partition coefficient (Wildman–Crippen LogP) is 6.61. The first-order valence-electron chi connectivity index (χ1n) is 23.4. The van der Waals surface area contributed by atoms with Gasteiger partial charge in [-0.3, -0.25) is 28.8 Å². The summed E-state index contributed by atoms with van der Waals surface area (Å²) in [6, 6.07) is 24.2. The minimum Gasteiger partial charge on any atom is -0.481 e. The lowest BCUT2D eigenvalue weighted by molar-refractivity contribution is -0.148. The van der Waals surface area contributed by atoms with Crippen molar-refractivity contribution >= 4 is 58.7 Å². The fourth-order valence-corrected chi connectivity index (χ4v) is 8.77. The minimum absolute atomic E-state index is 0.0579. The Kier molecular flexibility index (Phi) is 18.4. The van der Waals surface area contributed by atoms with Gasteiger partial charge in [-0.25, -0.2) is 4.98 Å². The Labute approximate surface area is 424 Å². The van der Waals surface area contributed by atoms with Gasteiger partial charge in [-0.05, 0) is 100 Å². The van der Waals surface area contributed by atoms with Crippen LogP contribution < -0.4 is 15.4 Å². The van der Waals surface area contributed by atoms with Gasteiger partial charge in [-0.2, -0.15) is 0 Å². The van der Waals surface area contributed by atoms with E-state index in [0.717, 1.165) is 28.2 Å². The molecule has 16 nitrogen and oxygen atoms in total. The molecule has 0 spiro atoms. The van der Waals surface area contributed by atoms with Gasteiger partial charge in [0, 0.05) is 73.8 Å². The molecule has 1 saturated heterocycles. The van der Waals surface area contributed by atoms with Crippen LogP contribution in [0.5, 0.6) is 11.5 Å². The number of nitrogens with one attached hydrogen (secondary N) is 2. The number of halogens is 2. The van der Waals surface area contributed by atoms with Crippen molar-refractivity contribution in [2.24, 2.45) is 13.0 Å². The molecule has 1 aliphatic rings. The summed E-state index contributed by atoms with van der Waals surface area (Å²) in [4.78, 5) is 95.3. The summed E-state index contributed by atoms with van der Waals surface area (Å²) in [5, 5.41) is 16.4. The highest BCUT2D eigenvalue weighted by Crippen LogP contribution is 2.33. The molecule has 376 valence electrons. The predicted molar refractivity (Wildman–Crippen MR) is 272 cm³/mol. The average molecular weight is 1010 g/mol. The van der Waals surface area contributed by atoms with Crippen molar-refractivity contribution in [3.05, 3.63) is 136 Å². The number of carbonyl (C=O) groups excluding carboxylic acids is 5. The fraction of sp³-hybridized carbons (Fsp3) is 0.377. The first-order chi connectivity index (χ1) is 33.8. The Balaban J connectivity index is 1.37. The molecule has 4 aromatic carbocycles. The van der Waals surface area contributed by atoms with E-state index in [0.29, 0.717) is 33.7 Å². The second kappa shape index (κ2) is 24.4.